The Labute approximate surface area is 160 Å². The predicted molar refractivity (Wildman–Crippen MR) is 106 cm³/mol. The van der Waals surface area contributed by atoms with Crippen LogP contribution in [-0.2, 0) is 4.79 Å². The molecular formula is C20H17NO3S2. The molecule has 0 aliphatic carbocycles. The molecule has 0 aliphatic rings. The summed E-state index contributed by atoms with van der Waals surface area (Å²) >= 11 is 2.90. The Balaban J connectivity index is 1.50. The number of ketones is 1. The Hall–Kier alpha value is -2.57. The lowest BCUT2D eigenvalue weighted by molar-refractivity contribution is -0.118. The number of hydrogen-bond donors (Lipinski definition) is 1. The van der Waals surface area contributed by atoms with E-state index in [0.29, 0.717) is 17.2 Å². The SMILES string of the molecule is O=C(COc1ccccc1)Nc1cccc(SCC(=O)c2cccs2)c1. The number of anilines is 1. The number of hydrogen-bond acceptors (Lipinski definition) is 5. The molecule has 0 saturated heterocycles. The van der Waals surface area contributed by atoms with Crippen molar-refractivity contribution in [2.24, 2.45) is 0 Å². The van der Waals surface area contributed by atoms with E-state index < -0.39 is 0 Å². The van der Waals surface area contributed by atoms with Crippen LogP contribution in [0, 0.1) is 0 Å². The fourth-order valence-corrected chi connectivity index (χ4v) is 3.78. The van der Waals surface area contributed by atoms with Crippen molar-refractivity contribution in [3.8, 4) is 5.75 Å². The molecule has 1 N–H and O–H groups in total. The highest BCUT2D eigenvalue weighted by molar-refractivity contribution is 8.00. The van der Waals surface area contributed by atoms with Gasteiger partial charge in [0.15, 0.2) is 12.4 Å². The number of para-hydroxylation sites is 1. The summed E-state index contributed by atoms with van der Waals surface area (Å²) < 4.78 is 5.43. The van der Waals surface area contributed by atoms with Gasteiger partial charge in [-0.05, 0) is 41.8 Å². The van der Waals surface area contributed by atoms with Crippen LogP contribution in [0.5, 0.6) is 5.75 Å². The molecule has 6 heteroatoms. The normalized spacial score (nSPS) is 10.3. The lowest BCUT2D eigenvalue weighted by Gasteiger charge is -2.08. The fourth-order valence-electron chi connectivity index (χ4n) is 2.18. The van der Waals surface area contributed by atoms with Gasteiger partial charge in [0.2, 0.25) is 0 Å². The summed E-state index contributed by atoms with van der Waals surface area (Å²) in [5, 5.41) is 4.70. The molecule has 3 aromatic rings. The number of thioether (sulfide) groups is 1. The molecule has 0 unspecified atom stereocenters. The number of benzene rings is 2. The minimum absolute atomic E-state index is 0.0573. The second kappa shape index (κ2) is 9.22. The third-order valence-corrected chi connectivity index (χ3v) is 5.30. The number of Topliss-reactive ketones (excluding diaryl/α,β-unsaturated/α-hetero) is 1. The number of thiophene rings is 1. The first kappa shape index (κ1) is 18.2. The molecule has 0 fully saturated rings. The zero-order chi connectivity index (χ0) is 18.2. The molecule has 132 valence electrons. The first-order valence-corrected chi connectivity index (χ1v) is 9.84. The van der Waals surface area contributed by atoms with Crippen LogP contribution in [0.4, 0.5) is 5.69 Å². The standard InChI is InChI=1S/C20H17NO3S2/c22-18(19-10-5-11-25-19)14-26-17-9-4-6-15(12-17)21-20(23)13-24-16-7-2-1-3-8-16/h1-12H,13-14H2,(H,21,23). The van der Waals surface area contributed by atoms with Crippen molar-refractivity contribution in [2.45, 2.75) is 4.90 Å². The Morgan fingerprint density at radius 3 is 2.62 bits per heavy atom. The smallest absolute Gasteiger partial charge is 0.262 e. The Morgan fingerprint density at radius 1 is 1.00 bits per heavy atom. The fraction of sp³-hybridized carbons (Fsp3) is 0.100. The molecule has 0 bridgehead atoms. The van der Waals surface area contributed by atoms with Gasteiger partial charge >= 0.3 is 0 Å². The molecule has 2 aromatic carbocycles. The average Bonchev–Trinajstić information content (AvgIpc) is 3.20. The molecule has 1 aromatic heterocycles. The van der Waals surface area contributed by atoms with Gasteiger partial charge in [0.25, 0.3) is 5.91 Å². The summed E-state index contributed by atoms with van der Waals surface area (Å²) in [6.45, 7) is -0.0573. The number of ether oxygens (including phenoxy) is 1. The summed E-state index contributed by atoms with van der Waals surface area (Å²) in [4.78, 5) is 25.8. The number of amides is 1. The molecule has 1 heterocycles. The predicted octanol–water partition coefficient (Wildman–Crippen LogP) is 4.74. The largest absolute Gasteiger partial charge is 0.484 e. The molecule has 0 spiro atoms. The maximum atomic E-state index is 12.1. The van der Waals surface area contributed by atoms with Gasteiger partial charge in [-0.2, -0.15) is 0 Å². The quantitative estimate of drug-likeness (QED) is 0.451. The van der Waals surface area contributed by atoms with Crippen molar-refractivity contribution in [2.75, 3.05) is 17.7 Å². The van der Waals surface area contributed by atoms with Crippen molar-refractivity contribution in [3.63, 3.8) is 0 Å². The summed E-state index contributed by atoms with van der Waals surface area (Å²) in [5.74, 6) is 0.898. The summed E-state index contributed by atoms with van der Waals surface area (Å²) in [7, 11) is 0. The van der Waals surface area contributed by atoms with Gasteiger partial charge in [0.05, 0.1) is 10.6 Å². The number of carbonyl (C=O) groups excluding carboxylic acids is 2. The second-order valence-corrected chi connectivity index (χ2v) is 7.36. The molecule has 4 nitrogen and oxygen atoms in total. The van der Waals surface area contributed by atoms with E-state index in [1.54, 1.807) is 12.1 Å². The minimum Gasteiger partial charge on any atom is -0.484 e. The van der Waals surface area contributed by atoms with Crippen molar-refractivity contribution in [3.05, 3.63) is 77.0 Å². The molecular weight excluding hydrogens is 366 g/mol. The maximum Gasteiger partial charge on any atom is 0.262 e. The van der Waals surface area contributed by atoms with E-state index in [4.69, 9.17) is 4.74 Å². The first-order chi connectivity index (χ1) is 12.7. The van der Waals surface area contributed by atoms with Crippen LogP contribution in [0.1, 0.15) is 9.67 Å². The highest BCUT2D eigenvalue weighted by Crippen LogP contribution is 2.23. The van der Waals surface area contributed by atoms with Gasteiger partial charge in [0, 0.05) is 10.6 Å². The van der Waals surface area contributed by atoms with Gasteiger partial charge in [-0.3, -0.25) is 9.59 Å². The van der Waals surface area contributed by atoms with Crippen molar-refractivity contribution in [1.29, 1.82) is 0 Å². The maximum absolute atomic E-state index is 12.1. The van der Waals surface area contributed by atoms with Crippen molar-refractivity contribution >= 4 is 40.5 Å². The van der Waals surface area contributed by atoms with Gasteiger partial charge in [-0.25, -0.2) is 0 Å². The van der Waals surface area contributed by atoms with Gasteiger partial charge in [-0.15, -0.1) is 23.1 Å². The van der Waals surface area contributed by atoms with Crippen LogP contribution < -0.4 is 10.1 Å². The first-order valence-electron chi connectivity index (χ1n) is 7.98. The van der Waals surface area contributed by atoms with Crippen LogP contribution in [-0.4, -0.2) is 24.1 Å². The van der Waals surface area contributed by atoms with E-state index >= 15 is 0 Å². The molecule has 26 heavy (non-hydrogen) atoms. The van der Waals surface area contributed by atoms with Gasteiger partial charge < -0.3 is 10.1 Å². The van der Waals surface area contributed by atoms with E-state index in [1.165, 1.54) is 23.1 Å². The minimum atomic E-state index is -0.231. The number of rotatable bonds is 8. The number of nitrogens with one attached hydrogen (secondary N) is 1. The molecule has 3 rings (SSSR count). The van der Waals surface area contributed by atoms with Gasteiger partial charge in [-0.1, -0.05) is 30.3 Å². The second-order valence-electron chi connectivity index (χ2n) is 5.37. The molecule has 0 saturated carbocycles. The van der Waals surface area contributed by atoms with E-state index in [9.17, 15) is 9.59 Å². The molecule has 1 amide bonds. The lowest BCUT2D eigenvalue weighted by atomic mass is 10.3. The van der Waals surface area contributed by atoms with E-state index in [-0.39, 0.29) is 18.3 Å². The Bertz CT molecular complexity index is 864. The molecule has 0 radical (unpaired) electrons. The third-order valence-electron chi connectivity index (χ3n) is 3.40. The summed E-state index contributed by atoms with van der Waals surface area (Å²) in [6.07, 6.45) is 0. The van der Waals surface area contributed by atoms with Crippen LogP contribution in [0.3, 0.4) is 0 Å². The van der Waals surface area contributed by atoms with Crippen molar-refractivity contribution < 1.29 is 14.3 Å². The average molecular weight is 383 g/mol. The topological polar surface area (TPSA) is 55.4 Å². The monoisotopic (exact) mass is 383 g/mol. The molecule has 0 atom stereocenters. The zero-order valence-electron chi connectivity index (χ0n) is 13.9. The van der Waals surface area contributed by atoms with E-state index in [2.05, 4.69) is 5.32 Å². The van der Waals surface area contributed by atoms with Crippen LogP contribution in [0.2, 0.25) is 0 Å². The van der Waals surface area contributed by atoms with Gasteiger partial charge in [0.1, 0.15) is 5.75 Å². The highest BCUT2D eigenvalue weighted by Gasteiger charge is 2.09. The zero-order valence-corrected chi connectivity index (χ0v) is 15.5. The Kier molecular flexibility index (Phi) is 6.46. The van der Waals surface area contributed by atoms with Crippen LogP contribution in [0.15, 0.2) is 77.0 Å². The third kappa shape index (κ3) is 5.47. The Morgan fingerprint density at radius 2 is 1.85 bits per heavy atom. The highest BCUT2D eigenvalue weighted by atomic mass is 32.2. The van der Waals surface area contributed by atoms with E-state index in [1.807, 2.05) is 60.0 Å². The van der Waals surface area contributed by atoms with Crippen molar-refractivity contribution in [1.82, 2.24) is 0 Å². The number of carbonyl (C=O) groups is 2. The van der Waals surface area contributed by atoms with E-state index in [0.717, 1.165) is 9.77 Å². The summed E-state index contributed by atoms with van der Waals surface area (Å²) in [6, 6.07) is 20.3. The summed E-state index contributed by atoms with van der Waals surface area (Å²) in [5.41, 5.74) is 0.681. The molecule has 0 aliphatic heterocycles. The van der Waals surface area contributed by atoms with Crippen LogP contribution >= 0.6 is 23.1 Å². The van der Waals surface area contributed by atoms with Crippen LogP contribution in [0.25, 0.3) is 0 Å². The lowest BCUT2D eigenvalue weighted by Crippen LogP contribution is -2.20.